The van der Waals surface area contributed by atoms with Gasteiger partial charge in [-0.15, -0.1) is 0 Å². The van der Waals surface area contributed by atoms with Crippen LogP contribution < -0.4 is 5.43 Å². The Balaban J connectivity index is 2.27. The highest BCUT2D eigenvalue weighted by atomic mass is 127. The second kappa shape index (κ2) is 4.08. The molecule has 0 spiro atoms. The van der Waals surface area contributed by atoms with Gasteiger partial charge in [0.05, 0.1) is 5.71 Å². The Bertz CT molecular complexity index is 401. The van der Waals surface area contributed by atoms with Crippen LogP contribution in [0.15, 0.2) is 29.4 Å². The van der Waals surface area contributed by atoms with Crippen molar-refractivity contribution in [3.8, 4) is 0 Å². The van der Waals surface area contributed by atoms with Gasteiger partial charge >= 0.3 is 0 Å². The molecule has 0 aliphatic carbocycles. The third kappa shape index (κ3) is 2.12. The number of amides is 1. The smallest absolute Gasteiger partial charge is 0.240 e. The third-order valence-electron chi connectivity index (χ3n) is 2.06. The first-order chi connectivity index (χ1) is 6.75. The molecule has 1 aliphatic heterocycles. The SMILES string of the molecule is O=C1CCC(c2cccc(I)c2)=NN1. The van der Waals surface area contributed by atoms with Gasteiger partial charge in [0.25, 0.3) is 0 Å². The number of carbonyl (C=O) groups excluding carboxylic acids is 1. The topological polar surface area (TPSA) is 41.5 Å². The summed E-state index contributed by atoms with van der Waals surface area (Å²) in [5, 5.41) is 4.04. The summed E-state index contributed by atoms with van der Waals surface area (Å²) >= 11 is 2.26. The zero-order valence-electron chi connectivity index (χ0n) is 7.46. The van der Waals surface area contributed by atoms with Gasteiger partial charge in [0.1, 0.15) is 0 Å². The molecule has 3 nitrogen and oxygen atoms in total. The van der Waals surface area contributed by atoms with E-state index in [-0.39, 0.29) is 5.91 Å². The molecule has 1 aromatic rings. The summed E-state index contributed by atoms with van der Waals surface area (Å²) in [7, 11) is 0. The number of benzene rings is 1. The third-order valence-corrected chi connectivity index (χ3v) is 2.73. The maximum atomic E-state index is 10.9. The van der Waals surface area contributed by atoms with Gasteiger partial charge in [-0.25, -0.2) is 5.43 Å². The molecule has 4 heteroatoms. The van der Waals surface area contributed by atoms with Crippen molar-refractivity contribution in [1.29, 1.82) is 0 Å². The van der Waals surface area contributed by atoms with E-state index in [0.717, 1.165) is 17.7 Å². The van der Waals surface area contributed by atoms with E-state index >= 15 is 0 Å². The van der Waals surface area contributed by atoms with Crippen molar-refractivity contribution in [1.82, 2.24) is 5.43 Å². The molecule has 0 bridgehead atoms. The summed E-state index contributed by atoms with van der Waals surface area (Å²) in [6, 6.07) is 8.11. The summed E-state index contributed by atoms with van der Waals surface area (Å²) in [6.45, 7) is 0. The number of hydrazone groups is 1. The maximum Gasteiger partial charge on any atom is 0.240 e. The second-order valence-electron chi connectivity index (χ2n) is 3.10. The number of nitrogens with zero attached hydrogens (tertiary/aromatic N) is 1. The van der Waals surface area contributed by atoms with E-state index in [1.807, 2.05) is 18.2 Å². The van der Waals surface area contributed by atoms with E-state index < -0.39 is 0 Å². The van der Waals surface area contributed by atoms with E-state index in [0.29, 0.717) is 6.42 Å². The fourth-order valence-corrected chi connectivity index (χ4v) is 1.89. The Labute approximate surface area is 95.7 Å². The lowest BCUT2D eigenvalue weighted by Gasteiger charge is -2.11. The van der Waals surface area contributed by atoms with Crippen molar-refractivity contribution in [3.05, 3.63) is 33.4 Å². The molecule has 1 heterocycles. The van der Waals surface area contributed by atoms with Crippen LogP contribution in [0.4, 0.5) is 0 Å². The molecule has 0 unspecified atom stereocenters. The number of nitrogens with one attached hydrogen (secondary N) is 1. The van der Waals surface area contributed by atoms with Crippen LogP contribution in [0.3, 0.4) is 0 Å². The van der Waals surface area contributed by atoms with Gasteiger partial charge in [-0.1, -0.05) is 12.1 Å². The predicted octanol–water partition coefficient (Wildman–Crippen LogP) is 1.91. The van der Waals surface area contributed by atoms with E-state index in [4.69, 9.17) is 0 Å². The quantitative estimate of drug-likeness (QED) is 0.791. The number of hydrogen-bond donors (Lipinski definition) is 1. The standard InChI is InChI=1S/C10H9IN2O/c11-8-3-1-2-7(6-8)9-4-5-10(14)13-12-9/h1-3,6H,4-5H2,(H,13,14). The van der Waals surface area contributed by atoms with Crippen LogP contribution in [0.25, 0.3) is 0 Å². The van der Waals surface area contributed by atoms with Gasteiger partial charge in [0.15, 0.2) is 0 Å². The highest BCUT2D eigenvalue weighted by Crippen LogP contribution is 2.13. The molecule has 2 rings (SSSR count). The molecule has 1 aromatic carbocycles. The molecule has 0 saturated heterocycles. The van der Waals surface area contributed by atoms with Crippen LogP contribution in [-0.2, 0) is 4.79 Å². The number of hydrogen-bond acceptors (Lipinski definition) is 2. The van der Waals surface area contributed by atoms with Crippen molar-refractivity contribution in [2.24, 2.45) is 5.10 Å². The molecule has 0 fully saturated rings. The highest BCUT2D eigenvalue weighted by molar-refractivity contribution is 14.1. The largest absolute Gasteiger partial charge is 0.273 e. The number of carbonyl (C=O) groups is 1. The molecule has 1 N–H and O–H groups in total. The van der Waals surface area contributed by atoms with Gasteiger partial charge in [0.2, 0.25) is 5.91 Å². The van der Waals surface area contributed by atoms with Crippen molar-refractivity contribution in [2.45, 2.75) is 12.8 Å². The van der Waals surface area contributed by atoms with Crippen molar-refractivity contribution < 1.29 is 4.79 Å². The first-order valence-corrected chi connectivity index (χ1v) is 5.45. The average Bonchev–Trinajstić information content (AvgIpc) is 2.19. The highest BCUT2D eigenvalue weighted by Gasteiger charge is 2.12. The van der Waals surface area contributed by atoms with E-state index in [1.165, 1.54) is 3.57 Å². The molecule has 0 radical (unpaired) electrons. The zero-order chi connectivity index (χ0) is 9.97. The first-order valence-electron chi connectivity index (χ1n) is 4.37. The van der Waals surface area contributed by atoms with Crippen LogP contribution in [0.5, 0.6) is 0 Å². The Morgan fingerprint density at radius 1 is 1.36 bits per heavy atom. The molecular formula is C10H9IN2O. The monoisotopic (exact) mass is 300 g/mol. The van der Waals surface area contributed by atoms with Crippen molar-refractivity contribution in [2.75, 3.05) is 0 Å². The Kier molecular flexibility index (Phi) is 2.81. The van der Waals surface area contributed by atoms with Crippen LogP contribution >= 0.6 is 22.6 Å². The average molecular weight is 300 g/mol. The first kappa shape index (κ1) is 9.64. The summed E-state index contributed by atoms with van der Waals surface area (Å²) in [5.74, 6) is -0.000576. The molecular weight excluding hydrogens is 291 g/mol. The number of rotatable bonds is 1. The molecule has 0 aromatic heterocycles. The lowest BCUT2D eigenvalue weighted by molar-refractivity contribution is -0.121. The second-order valence-corrected chi connectivity index (χ2v) is 4.35. The Hall–Kier alpha value is -0.910. The van der Waals surface area contributed by atoms with E-state index in [1.54, 1.807) is 0 Å². The zero-order valence-corrected chi connectivity index (χ0v) is 9.61. The summed E-state index contributed by atoms with van der Waals surface area (Å²) in [4.78, 5) is 10.9. The molecule has 14 heavy (non-hydrogen) atoms. The van der Waals surface area contributed by atoms with Crippen molar-refractivity contribution >= 4 is 34.2 Å². The lowest BCUT2D eigenvalue weighted by Crippen LogP contribution is -2.25. The van der Waals surface area contributed by atoms with Gasteiger partial charge in [-0.3, -0.25) is 4.79 Å². The minimum absolute atomic E-state index is 0.000576. The lowest BCUT2D eigenvalue weighted by atomic mass is 10.1. The fraction of sp³-hybridized carbons (Fsp3) is 0.200. The molecule has 1 amide bonds. The van der Waals surface area contributed by atoms with Gasteiger partial charge in [-0.2, -0.15) is 5.10 Å². The molecule has 0 atom stereocenters. The maximum absolute atomic E-state index is 10.9. The molecule has 1 aliphatic rings. The van der Waals surface area contributed by atoms with Crippen LogP contribution in [0.1, 0.15) is 18.4 Å². The minimum atomic E-state index is -0.000576. The van der Waals surface area contributed by atoms with Crippen LogP contribution in [-0.4, -0.2) is 11.6 Å². The minimum Gasteiger partial charge on any atom is -0.273 e. The van der Waals surface area contributed by atoms with Crippen molar-refractivity contribution in [3.63, 3.8) is 0 Å². The van der Waals surface area contributed by atoms with Gasteiger partial charge in [-0.05, 0) is 40.3 Å². The van der Waals surface area contributed by atoms with E-state index in [9.17, 15) is 4.79 Å². The van der Waals surface area contributed by atoms with Crippen LogP contribution in [0.2, 0.25) is 0 Å². The molecule has 72 valence electrons. The summed E-state index contributed by atoms with van der Waals surface area (Å²) in [5.41, 5.74) is 4.55. The van der Waals surface area contributed by atoms with Gasteiger partial charge < -0.3 is 0 Å². The molecule has 0 saturated carbocycles. The number of halogens is 1. The Morgan fingerprint density at radius 2 is 2.21 bits per heavy atom. The Morgan fingerprint density at radius 3 is 2.86 bits per heavy atom. The normalized spacial score (nSPS) is 16.1. The van der Waals surface area contributed by atoms with E-state index in [2.05, 4.69) is 39.2 Å². The summed E-state index contributed by atoms with van der Waals surface area (Å²) in [6.07, 6.45) is 1.26. The summed E-state index contributed by atoms with van der Waals surface area (Å²) < 4.78 is 1.18. The van der Waals surface area contributed by atoms with Crippen LogP contribution in [0, 0.1) is 3.57 Å². The fourth-order valence-electron chi connectivity index (χ4n) is 1.35. The van der Waals surface area contributed by atoms with Gasteiger partial charge in [0, 0.05) is 16.4 Å². The predicted molar refractivity (Wildman–Crippen MR) is 63.1 cm³/mol.